The Hall–Kier alpha value is -1.89. The molecule has 0 bridgehead atoms. The molecule has 0 saturated carbocycles. The van der Waals surface area contributed by atoms with Crippen molar-refractivity contribution < 1.29 is 13.2 Å². The molecule has 1 aliphatic rings. The number of aromatic nitrogens is 2. The van der Waals surface area contributed by atoms with Crippen molar-refractivity contribution in [2.24, 2.45) is 0 Å². The molecule has 1 atom stereocenters. The summed E-state index contributed by atoms with van der Waals surface area (Å²) in [6, 6.07) is 3.70. The van der Waals surface area contributed by atoms with Gasteiger partial charge < -0.3 is 4.90 Å². The fraction of sp³-hybridized carbons (Fsp3) is 0.467. The number of benzene rings is 1. The number of hydrogen-bond donors (Lipinski definition) is 1. The van der Waals surface area contributed by atoms with Gasteiger partial charge in [0.2, 0.25) is 0 Å². The number of aryl methyl sites for hydroxylation is 1. The van der Waals surface area contributed by atoms with E-state index in [4.69, 9.17) is 0 Å². The number of fused-ring (bicyclic) bond motifs is 1. The topological polar surface area (TPSA) is 83.1 Å². The molecule has 3 rings (SSSR count). The van der Waals surface area contributed by atoms with E-state index in [-0.39, 0.29) is 30.0 Å². The predicted molar refractivity (Wildman–Crippen MR) is 84.6 cm³/mol. The molecule has 22 heavy (non-hydrogen) atoms. The van der Waals surface area contributed by atoms with Crippen molar-refractivity contribution in [2.75, 3.05) is 18.1 Å². The van der Waals surface area contributed by atoms with Gasteiger partial charge in [0.15, 0.2) is 9.84 Å². The van der Waals surface area contributed by atoms with Gasteiger partial charge in [-0.2, -0.15) is 5.10 Å². The van der Waals surface area contributed by atoms with Crippen LogP contribution in [0.25, 0.3) is 10.9 Å². The molecule has 1 aromatic heterocycles. The van der Waals surface area contributed by atoms with Crippen molar-refractivity contribution in [1.29, 1.82) is 0 Å². The zero-order valence-electron chi connectivity index (χ0n) is 12.7. The number of hydrogen-bond acceptors (Lipinski definition) is 4. The molecule has 1 aliphatic heterocycles. The van der Waals surface area contributed by atoms with Crippen LogP contribution in [-0.2, 0) is 9.84 Å². The summed E-state index contributed by atoms with van der Waals surface area (Å²) in [5.41, 5.74) is 2.24. The second kappa shape index (κ2) is 5.39. The van der Waals surface area contributed by atoms with Crippen LogP contribution < -0.4 is 0 Å². The summed E-state index contributed by atoms with van der Waals surface area (Å²) in [6.07, 6.45) is 2.17. The van der Waals surface area contributed by atoms with E-state index in [1.165, 1.54) is 0 Å². The third-order valence-corrected chi connectivity index (χ3v) is 5.87. The van der Waals surface area contributed by atoms with E-state index in [9.17, 15) is 13.2 Å². The standard InChI is InChI=1S/C15H19N3O3S/c1-10-7-12-9-16-17-14(12)13(8-10)15(19)18-4-6-22(20,21)5-3-11(18)2/h7-9,11H,3-6H2,1-2H3,(H,16,17). The number of amides is 1. The van der Waals surface area contributed by atoms with E-state index in [2.05, 4.69) is 10.2 Å². The summed E-state index contributed by atoms with van der Waals surface area (Å²) >= 11 is 0. The fourth-order valence-corrected chi connectivity index (χ4v) is 4.28. The first-order chi connectivity index (χ1) is 10.4. The number of nitrogens with one attached hydrogen (secondary N) is 1. The molecule has 1 fully saturated rings. The minimum Gasteiger partial charge on any atom is -0.335 e. The predicted octanol–water partition coefficient (Wildman–Crippen LogP) is 1.52. The van der Waals surface area contributed by atoms with Crippen molar-refractivity contribution in [2.45, 2.75) is 26.3 Å². The van der Waals surface area contributed by atoms with E-state index in [0.717, 1.165) is 10.9 Å². The second-order valence-electron chi connectivity index (χ2n) is 5.93. The van der Waals surface area contributed by atoms with Gasteiger partial charge in [-0.3, -0.25) is 9.89 Å². The zero-order chi connectivity index (χ0) is 15.9. The first-order valence-electron chi connectivity index (χ1n) is 7.32. The van der Waals surface area contributed by atoms with E-state index >= 15 is 0 Å². The average molecular weight is 321 g/mol. The fourth-order valence-electron chi connectivity index (χ4n) is 2.90. The van der Waals surface area contributed by atoms with Gasteiger partial charge in [-0.15, -0.1) is 0 Å². The maximum Gasteiger partial charge on any atom is 0.256 e. The molecule has 0 radical (unpaired) electrons. The van der Waals surface area contributed by atoms with Crippen LogP contribution in [0.4, 0.5) is 0 Å². The van der Waals surface area contributed by atoms with Gasteiger partial charge in [-0.05, 0) is 38.0 Å². The quantitative estimate of drug-likeness (QED) is 0.863. The van der Waals surface area contributed by atoms with E-state index in [0.29, 0.717) is 17.5 Å². The molecule has 118 valence electrons. The Balaban J connectivity index is 2.00. The van der Waals surface area contributed by atoms with Crippen molar-refractivity contribution in [3.63, 3.8) is 0 Å². The molecule has 1 aromatic carbocycles. The summed E-state index contributed by atoms with van der Waals surface area (Å²) in [4.78, 5) is 14.6. The van der Waals surface area contributed by atoms with Crippen molar-refractivity contribution >= 4 is 26.6 Å². The van der Waals surface area contributed by atoms with Gasteiger partial charge >= 0.3 is 0 Å². The molecule has 1 saturated heterocycles. The molecule has 7 heteroatoms. The summed E-state index contributed by atoms with van der Waals surface area (Å²) in [5.74, 6) is 0.0363. The Morgan fingerprint density at radius 1 is 1.36 bits per heavy atom. The van der Waals surface area contributed by atoms with Crippen LogP contribution in [-0.4, -0.2) is 53.5 Å². The van der Waals surface area contributed by atoms with Gasteiger partial charge in [0, 0.05) is 18.0 Å². The van der Waals surface area contributed by atoms with Crippen molar-refractivity contribution in [3.05, 3.63) is 29.5 Å². The number of nitrogens with zero attached hydrogens (tertiary/aromatic N) is 2. The molecule has 0 aliphatic carbocycles. The summed E-state index contributed by atoms with van der Waals surface area (Å²) in [7, 11) is -3.05. The monoisotopic (exact) mass is 321 g/mol. The highest BCUT2D eigenvalue weighted by molar-refractivity contribution is 7.91. The Kier molecular flexibility index (Phi) is 3.68. The molecular weight excluding hydrogens is 302 g/mol. The summed E-state index contributed by atoms with van der Waals surface area (Å²) < 4.78 is 23.6. The smallest absolute Gasteiger partial charge is 0.256 e. The highest BCUT2D eigenvalue weighted by Crippen LogP contribution is 2.22. The first-order valence-corrected chi connectivity index (χ1v) is 9.14. The van der Waals surface area contributed by atoms with Gasteiger partial charge in [0.05, 0.1) is 28.8 Å². The zero-order valence-corrected chi connectivity index (χ0v) is 13.5. The maximum absolute atomic E-state index is 12.9. The Labute approximate surface area is 129 Å². The Morgan fingerprint density at radius 2 is 2.14 bits per heavy atom. The number of carbonyl (C=O) groups is 1. The van der Waals surface area contributed by atoms with Crippen LogP contribution in [0, 0.1) is 6.92 Å². The lowest BCUT2D eigenvalue weighted by atomic mass is 10.1. The number of H-pyrrole nitrogens is 1. The van der Waals surface area contributed by atoms with Gasteiger partial charge in [0.1, 0.15) is 0 Å². The number of sulfone groups is 1. The third kappa shape index (κ3) is 2.72. The molecular formula is C15H19N3O3S. The minimum absolute atomic E-state index is 0.0288. The van der Waals surface area contributed by atoms with Crippen LogP contribution in [0.15, 0.2) is 18.3 Å². The summed E-state index contributed by atoms with van der Waals surface area (Å²) in [5, 5.41) is 7.75. The lowest BCUT2D eigenvalue weighted by molar-refractivity contribution is 0.0708. The second-order valence-corrected chi connectivity index (χ2v) is 8.24. The van der Waals surface area contributed by atoms with Gasteiger partial charge in [-0.1, -0.05) is 0 Å². The van der Waals surface area contributed by atoms with Crippen molar-refractivity contribution in [3.8, 4) is 0 Å². The number of rotatable bonds is 1. The van der Waals surface area contributed by atoms with E-state index in [1.807, 2.05) is 26.0 Å². The highest BCUT2D eigenvalue weighted by Gasteiger charge is 2.29. The van der Waals surface area contributed by atoms with Gasteiger partial charge in [0.25, 0.3) is 5.91 Å². The lowest BCUT2D eigenvalue weighted by Crippen LogP contribution is -2.39. The van der Waals surface area contributed by atoms with Crippen LogP contribution >= 0.6 is 0 Å². The van der Waals surface area contributed by atoms with Crippen LogP contribution in [0.3, 0.4) is 0 Å². The lowest BCUT2D eigenvalue weighted by Gasteiger charge is -2.27. The first kappa shape index (κ1) is 15.0. The van der Waals surface area contributed by atoms with Crippen LogP contribution in [0.1, 0.15) is 29.3 Å². The van der Waals surface area contributed by atoms with E-state index in [1.54, 1.807) is 11.1 Å². The SMILES string of the molecule is Cc1cc(C(=O)N2CCS(=O)(=O)CCC2C)c2[nH]ncc2c1. The average Bonchev–Trinajstić information content (AvgIpc) is 2.86. The molecule has 1 N–H and O–H groups in total. The number of carbonyl (C=O) groups excluding carboxylic acids is 1. The van der Waals surface area contributed by atoms with Crippen LogP contribution in [0.2, 0.25) is 0 Å². The highest BCUT2D eigenvalue weighted by atomic mass is 32.2. The molecule has 1 amide bonds. The van der Waals surface area contributed by atoms with E-state index < -0.39 is 9.84 Å². The summed E-state index contributed by atoms with van der Waals surface area (Å²) in [6.45, 7) is 4.07. The van der Waals surface area contributed by atoms with Crippen molar-refractivity contribution in [1.82, 2.24) is 15.1 Å². The molecule has 6 nitrogen and oxygen atoms in total. The molecule has 1 unspecified atom stereocenters. The molecule has 2 aromatic rings. The molecule has 0 spiro atoms. The number of aromatic amines is 1. The van der Waals surface area contributed by atoms with Crippen LogP contribution in [0.5, 0.6) is 0 Å². The minimum atomic E-state index is -3.05. The Bertz CT molecular complexity index is 826. The normalized spacial score (nSPS) is 21.7. The largest absolute Gasteiger partial charge is 0.335 e. The Morgan fingerprint density at radius 3 is 2.91 bits per heavy atom. The van der Waals surface area contributed by atoms with Gasteiger partial charge in [-0.25, -0.2) is 8.42 Å². The maximum atomic E-state index is 12.9. The third-order valence-electron chi connectivity index (χ3n) is 4.21. The molecule has 2 heterocycles.